The number of rotatable bonds is 2. The molecule has 4 heteroatoms. The molecule has 2 nitrogen and oxygen atoms in total. The summed E-state index contributed by atoms with van der Waals surface area (Å²) >= 11 is 5.96. The number of benzene rings is 1. The van der Waals surface area contributed by atoms with Crippen molar-refractivity contribution in [3.05, 3.63) is 28.8 Å². The summed E-state index contributed by atoms with van der Waals surface area (Å²) in [5.74, 6) is 0. The molecule has 2 rings (SSSR count). The lowest BCUT2D eigenvalue weighted by molar-refractivity contribution is 0.547. The van der Waals surface area contributed by atoms with Gasteiger partial charge >= 0.3 is 0 Å². The van der Waals surface area contributed by atoms with Crippen LogP contribution in [0.25, 0.3) is 0 Å². The minimum absolute atomic E-state index is 0.124. The quantitative estimate of drug-likeness (QED) is 0.865. The van der Waals surface area contributed by atoms with E-state index >= 15 is 0 Å². The third-order valence-electron chi connectivity index (χ3n) is 2.75. The van der Waals surface area contributed by atoms with Crippen LogP contribution in [0, 0.1) is 0 Å². The highest BCUT2D eigenvalue weighted by Crippen LogP contribution is 2.37. The smallest absolute Gasteiger partial charge is 0.0580 e. The number of nitrogens with one attached hydrogen (secondary N) is 1. The van der Waals surface area contributed by atoms with Gasteiger partial charge in [0.1, 0.15) is 0 Å². The molecule has 15 heavy (non-hydrogen) atoms. The summed E-state index contributed by atoms with van der Waals surface area (Å²) in [6.07, 6.45) is 0. The summed E-state index contributed by atoms with van der Waals surface area (Å²) in [6.45, 7) is 4.94. The molecule has 0 aliphatic carbocycles. The van der Waals surface area contributed by atoms with Crippen LogP contribution in [-0.4, -0.2) is 16.0 Å². The third-order valence-corrected chi connectivity index (χ3v) is 4.74. The van der Waals surface area contributed by atoms with Gasteiger partial charge in [-0.25, -0.2) is 0 Å². The molecular weight excluding hydrogens is 230 g/mol. The van der Waals surface area contributed by atoms with Gasteiger partial charge in [0.15, 0.2) is 0 Å². The van der Waals surface area contributed by atoms with Gasteiger partial charge in [0.2, 0.25) is 0 Å². The summed E-state index contributed by atoms with van der Waals surface area (Å²) in [5.41, 5.74) is 1.09. The Morgan fingerprint density at radius 1 is 1.53 bits per heavy atom. The van der Waals surface area contributed by atoms with Crippen molar-refractivity contribution in [2.75, 3.05) is 6.54 Å². The van der Waals surface area contributed by atoms with Crippen molar-refractivity contribution >= 4 is 22.4 Å². The second-order valence-electron chi connectivity index (χ2n) is 3.72. The Labute approximate surface area is 97.5 Å². The van der Waals surface area contributed by atoms with E-state index in [1.807, 2.05) is 19.1 Å². The molecular formula is C11H14ClNOS. The van der Waals surface area contributed by atoms with Crippen LogP contribution in [0.2, 0.25) is 5.02 Å². The first-order valence-electron chi connectivity index (χ1n) is 5.08. The summed E-state index contributed by atoms with van der Waals surface area (Å²) in [5, 5.41) is 4.19. The largest absolute Gasteiger partial charge is 0.309 e. The molecule has 0 bridgehead atoms. The standard InChI is InChI=1S/C11H14ClNOS/c1-3-13-11-7(2)15(14)10-5-4-8(12)6-9(10)11/h4-7,11,13H,3H2,1-2H3. The zero-order chi connectivity index (χ0) is 11.0. The number of hydrogen-bond acceptors (Lipinski definition) is 2. The first-order chi connectivity index (χ1) is 7.15. The predicted molar refractivity (Wildman–Crippen MR) is 63.7 cm³/mol. The maximum atomic E-state index is 12.0. The molecule has 1 heterocycles. The van der Waals surface area contributed by atoms with Gasteiger partial charge in [0.25, 0.3) is 0 Å². The summed E-state index contributed by atoms with van der Waals surface area (Å²) in [7, 11) is -0.904. The van der Waals surface area contributed by atoms with E-state index in [1.54, 1.807) is 6.07 Å². The zero-order valence-corrected chi connectivity index (χ0v) is 10.4. The van der Waals surface area contributed by atoms with E-state index < -0.39 is 10.8 Å². The summed E-state index contributed by atoms with van der Waals surface area (Å²) in [6, 6.07) is 5.77. The van der Waals surface area contributed by atoms with Gasteiger partial charge in [-0.05, 0) is 37.2 Å². The average Bonchev–Trinajstić information content (AvgIpc) is 2.44. The van der Waals surface area contributed by atoms with Crippen LogP contribution in [0.3, 0.4) is 0 Å². The second-order valence-corrected chi connectivity index (χ2v) is 5.93. The second kappa shape index (κ2) is 4.24. The van der Waals surface area contributed by atoms with Crippen molar-refractivity contribution in [3.63, 3.8) is 0 Å². The predicted octanol–water partition coefficient (Wildman–Crippen LogP) is 2.50. The first-order valence-corrected chi connectivity index (χ1v) is 6.67. The Kier molecular flexibility index (Phi) is 3.14. The highest BCUT2D eigenvalue weighted by atomic mass is 35.5. The highest BCUT2D eigenvalue weighted by Gasteiger charge is 2.35. The van der Waals surface area contributed by atoms with Crippen molar-refractivity contribution in [2.45, 2.75) is 30.0 Å². The normalized spacial score (nSPS) is 29.1. The van der Waals surface area contributed by atoms with Crippen LogP contribution in [0.1, 0.15) is 25.5 Å². The van der Waals surface area contributed by atoms with Crippen LogP contribution in [0.15, 0.2) is 23.1 Å². The molecule has 0 saturated heterocycles. The lowest BCUT2D eigenvalue weighted by atomic mass is 10.0. The van der Waals surface area contributed by atoms with E-state index in [-0.39, 0.29) is 11.3 Å². The minimum atomic E-state index is -0.904. The SMILES string of the molecule is CCNC1c2cc(Cl)ccc2S(=O)C1C. The van der Waals surface area contributed by atoms with Crippen molar-refractivity contribution < 1.29 is 4.21 Å². The molecule has 0 amide bonds. The fraction of sp³-hybridized carbons (Fsp3) is 0.455. The van der Waals surface area contributed by atoms with Gasteiger partial charge in [-0.2, -0.15) is 0 Å². The molecule has 1 aromatic carbocycles. The van der Waals surface area contributed by atoms with Crippen molar-refractivity contribution in [2.24, 2.45) is 0 Å². The molecule has 3 unspecified atom stereocenters. The fourth-order valence-electron chi connectivity index (χ4n) is 2.02. The van der Waals surface area contributed by atoms with E-state index in [0.717, 1.165) is 17.0 Å². The van der Waals surface area contributed by atoms with E-state index in [9.17, 15) is 4.21 Å². The average molecular weight is 244 g/mol. The highest BCUT2D eigenvalue weighted by molar-refractivity contribution is 7.86. The maximum Gasteiger partial charge on any atom is 0.0580 e. The van der Waals surface area contributed by atoms with Crippen molar-refractivity contribution in [1.29, 1.82) is 0 Å². The molecule has 0 saturated carbocycles. The number of hydrogen-bond donors (Lipinski definition) is 1. The Bertz CT molecular complexity index is 408. The Morgan fingerprint density at radius 2 is 2.27 bits per heavy atom. The maximum absolute atomic E-state index is 12.0. The Morgan fingerprint density at radius 3 is 2.93 bits per heavy atom. The van der Waals surface area contributed by atoms with Crippen LogP contribution in [0.5, 0.6) is 0 Å². The van der Waals surface area contributed by atoms with Gasteiger partial charge in [-0.15, -0.1) is 0 Å². The van der Waals surface area contributed by atoms with Crippen LogP contribution in [0.4, 0.5) is 0 Å². The lowest BCUT2D eigenvalue weighted by Crippen LogP contribution is -2.27. The van der Waals surface area contributed by atoms with Gasteiger partial charge in [0.05, 0.1) is 16.0 Å². The van der Waals surface area contributed by atoms with Gasteiger partial charge in [-0.3, -0.25) is 4.21 Å². The van der Waals surface area contributed by atoms with E-state index in [2.05, 4.69) is 12.2 Å². The first kappa shape index (κ1) is 11.1. The topological polar surface area (TPSA) is 29.1 Å². The van der Waals surface area contributed by atoms with E-state index in [4.69, 9.17) is 11.6 Å². The van der Waals surface area contributed by atoms with Crippen LogP contribution >= 0.6 is 11.6 Å². The zero-order valence-electron chi connectivity index (χ0n) is 8.79. The summed E-state index contributed by atoms with van der Waals surface area (Å²) < 4.78 is 12.0. The fourth-order valence-corrected chi connectivity index (χ4v) is 3.71. The van der Waals surface area contributed by atoms with E-state index in [1.165, 1.54) is 0 Å². The number of fused-ring (bicyclic) bond motifs is 1. The molecule has 3 atom stereocenters. The van der Waals surface area contributed by atoms with Crippen LogP contribution < -0.4 is 5.32 Å². The molecule has 1 aromatic rings. The van der Waals surface area contributed by atoms with Crippen molar-refractivity contribution in [1.82, 2.24) is 5.32 Å². The Balaban J connectivity index is 2.47. The molecule has 0 radical (unpaired) electrons. The molecule has 1 aliphatic heterocycles. The third kappa shape index (κ3) is 1.84. The molecule has 82 valence electrons. The Hall–Kier alpha value is -0.380. The lowest BCUT2D eigenvalue weighted by Gasteiger charge is -2.15. The van der Waals surface area contributed by atoms with Crippen LogP contribution in [-0.2, 0) is 10.8 Å². The van der Waals surface area contributed by atoms with Gasteiger partial charge < -0.3 is 5.32 Å². The van der Waals surface area contributed by atoms with Crippen molar-refractivity contribution in [3.8, 4) is 0 Å². The van der Waals surface area contributed by atoms with E-state index in [0.29, 0.717) is 5.02 Å². The molecule has 0 aromatic heterocycles. The minimum Gasteiger partial charge on any atom is -0.309 e. The molecule has 0 spiro atoms. The monoisotopic (exact) mass is 243 g/mol. The molecule has 1 aliphatic rings. The van der Waals surface area contributed by atoms with Gasteiger partial charge in [0, 0.05) is 16.0 Å². The van der Waals surface area contributed by atoms with Gasteiger partial charge in [-0.1, -0.05) is 18.5 Å². The number of halogens is 1. The molecule has 0 fully saturated rings. The molecule has 1 N–H and O–H groups in total. The summed E-state index contributed by atoms with van der Waals surface area (Å²) in [4.78, 5) is 0.929.